The van der Waals surface area contributed by atoms with Gasteiger partial charge in [-0.1, -0.05) is 252 Å². The van der Waals surface area contributed by atoms with Crippen molar-refractivity contribution in [3.8, 4) is 0 Å². The molecule has 1 aliphatic heterocycles. The van der Waals surface area contributed by atoms with Crippen LogP contribution >= 0.6 is 0 Å². The fraction of sp³-hybridized carbons (Fsp3) is 0.930. The van der Waals surface area contributed by atoms with E-state index < -0.39 is 67.3 Å². The van der Waals surface area contributed by atoms with Crippen molar-refractivity contribution in [3.63, 3.8) is 0 Å². The number of rotatable bonds is 50. The van der Waals surface area contributed by atoms with Gasteiger partial charge in [-0.25, -0.2) is 4.79 Å². The van der Waals surface area contributed by atoms with E-state index >= 15 is 0 Å². The predicted octanol–water partition coefficient (Wildman–Crippen LogP) is 14.3. The van der Waals surface area contributed by atoms with Crippen LogP contribution in [0.15, 0.2) is 0 Å². The maximum Gasteiger partial charge on any atom is 0.335 e. The average molecular weight is 983 g/mol. The summed E-state index contributed by atoms with van der Waals surface area (Å²) in [5.41, 5.74) is 0. The van der Waals surface area contributed by atoms with E-state index in [2.05, 4.69) is 20.8 Å². The van der Waals surface area contributed by atoms with Gasteiger partial charge in [-0.05, 0) is 19.3 Å². The van der Waals surface area contributed by atoms with Crippen molar-refractivity contribution >= 4 is 23.9 Å². The summed E-state index contributed by atoms with van der Waals surface area (Å²) < 4.78 is 28.4. The lowest BCUT2D eigenvalue weighted by Crippen LogP contribution is -2.61. The summed E-state index contributed by atoms with van der Waals surface area (Å²) in [7, 11) is 0. The molecule has 1 saturated heterocycles. The van der Waals surface area contributed by atoms with Crippen LogP contribution < -0.4 is 0 Å². The Morgan fingerprint density at radius 3 is 1.09 bits per heavy atom. The molecule has 12 nitrogen and oxygen atoms in total. The standard InChI is InChI=1S/C57H106O12/c1-4-7-10-13-16-19-22-23-24-25-26-27-30-31-34-37-40-43-49(58)65-46-48(67-50(59)44-41-38-35-32-28-20-17-14-11-8-5-2)47-66-57-55(53(62)52(61)54(69-57)56(63)64)68-51(60)45-42-39-36-33-29-21-18-15-12-9-6-3/h48,52-55,57,61-62H,4-47H2,1-3H3,(H,63,64). The number of aliphatic hydroxyl groups is 2. The summed E-state index contributed by atoms with van der Waals surface area (Å²) >= 11 is 0. The molecule has 6 atom stereocenters. The molecule has 1 heterocycles. The molecule has 406 valence electrons. The quantitative estimate of drug-likeness (QED) is 0.0299. The fourth-order valence-corrected chi connectivity index (χ4v) is 9.19. The number of carbonyl (C=O) groups excluding carboxylic acids is 3. The normalized spacial score (nSPS) is 18.5. The summed E-state index contributed by atoms with van der Waals surface area (Å²) in [4.78, 5) is 50.9. The fourth-order valence-electron chi connectivity index (χ4n) is 9.19. The van der Waals surface area contributed by atoms with Crippen molar-refractivity contribution < 1.29 is 58.2 Å². The van der Waals surface area contributed by atoms with Gasteiger partial charge in [-0.15, -0.1) is 0 Å². The SMILES string of the molecule is CCCCCCCCCCCCCCCCCCCC(=O)OCC(COC1OC(C(=O)O)C(O)C(O)C1OC(=O)CCCCCCCCCCCCC)OC(=O)CCCCCCCCCCCCC. The van der Waals surface area contributed by atoms with Crippen LogP contribution in [0.2, 0.25) is 0 Å². The Hall–Kier alpha value is -2.28. The third-order valence-electron chi connectivity index (χ3n) is 13.7. The number of aliphatic hydroxyl groups excluding tert-OH is 2. The zero-order valence-corrected chi connectivity index (χ0v) is 44.6. The van der Waals surface area contributed by atoms with Crippen molar-refractivity contribution in [1.29, 1.82) is 0 Å². The van der Waals surface area contributed by atoms with Crippen LogP contribution in [-0.4, -0.2) is 89.2 Å². The molecule has 0 aromatic heterocycles. The number of aliphatic carboxylic acids is 1. The molecule has 1 rings (SSSR count). The lowest BCUT2D eigenvalue weighted by atomic mass is 9.98. The van der Waals surface area contributed by atoms with E-state index in [9.17, 15) is 34.5 Å². The van der Waals surface area contributed by atoms with Gasteiger partial charge in [-0.3, -0.25) is 14.4 Å². The highest BCUT2D eigenvalue weighted by Gasteiger charge is 2.50. The van der Waals surface area contributed by atoms with Gasteiger partial charge in [0.25, 0.3) is 0 Å². The lowest BCUT2D eigenvalue weighted by molar-refractivity contribution is -0.301. The first-order valence-corrected chi connectivity index (χ1v) is 29.0. The highest BCUT2D eigenvalue weighted by atomic mass is 16.7. The highest BCUT2D eigenvalue weighted by Crippen LogP contribution is 2.27. The first kappa shape index (κ1) is 64.7. The maximum absolute atomic E-state index is 13.1. The molecule has 1 aliphatic rings. The number of unbranched alkanes of at least 4 members (excludes halogenated alkanes) is 36. The second-order valence-corrected chi connectivity index (χ2v) is 20.3. The molecule has 6 unspecified atom stereocenters. The van der Waals surface area contributed by atoms with Crippen molar-refractivity contribution in [2.45, 2.75) is 327 Å². The number of carboxylic acids is 1. The Bertz CT molecular complexity index is 1210. The summed E-state index contributed by atoms with van der Waals surface area (Å²) in [5, 5.41) is 31.4. The van der Waals surface area contributed by atoms with Crippen LogP contribution in [0.1, 0.15) is 290 Å². The van der Waals surface area contributed by atoms with Gasteiger partial charge in [0.1, 0.15) is 18.8 Å². The molecular weight excluding hydrogens is 877 g/mol. The molecule has 0 aromatic carbocycles. The Kier molecular flexibility index (Phi) is 43.9. The van der Waals surface area contributed by atoms with Crippen LogP contribution in [0.3, 0.4) is 0 Å². The minimum absolute atomic E-state index is 0.0695. The van der Waals surface area contributed by atoms with Crippen molar-refractivity contribution in [2.24, 2.45) is 0 Å². The van der Waals surface area contributed by atoms with E-state index in [1.165, 1.54) is 167 Å². The molecule has 69 heavy (non-hydrogen) atoms. The van der Waals surface area contributed by atoms with Gasteiger partial charge in [-0.2, -0.15) is 0 Å². The van der Waals surface area contributed by atoms with Gasteiger partial charge in [0.05, 0.1) is 6.61 Å². The van der Waals surface area contributed by atoms with Crippen molar-refractivity contribution in [2.75, 3.05) is 13.2 Å². The van der Waals surface area contributed by atoms with Gasteiger partial charge >= 0.3 is 23.9 Å². The van der Waals surface area contributed by atoms with Gasteiger partial charge in [0.2, 0.25) is 0 Å². The number of carbonyl (C=O) groups is 4. The second-order valence-electron chi connectivity index (χ2n) is 20.3. The molecule has 12 heteroatoms. The number of hydrogen-bond acceptors (Lipinski definition) is 11. The second kappa shape index (κ2) is 46.8. The zero-order chi connectivity index (χ0) is 50.4. The molecule has 0 radical (unpaired) electrons. The maximum atomic E-state index is 13.1. The van der Waals surface area contributed by atoms with Crippen molar-refractivity contribution in [1.82, 2.24) is 0 Å². The zero-order valence-electron chi connectivity index (χ0n) is 44.6. The van der Waals surface area contributed by atoms with E-state index in [1.807, 2.05) is 0 Å². The summed E-state index contributed by atoms with van der Waals surface area (Å²) in [5.74, 6) is -3.08. The lowest BCUT2D eigenvalue weighted by Gasteiger charge is -2.40. The molecule has 3 N–H and O–H groups in total. The van der Waals surface area contributed by atoms with Gasteiger partial charge in [0.15, 0.2) is 24.6 Å². The highest BCUT2D eigenvalue weighted by molar-refractivity contribution is 5.74. The Morgan fingerprint density at radius 1 is 0.420 bits per heavy atom. The Morgan fingerprint density at radius 2 is 0.739 bits per heavy atom. The first-order valence-electron chi connectivity index (χ1n) is 29.0. The first-order chi connectivity index (χ1) is 33.6. The average Bonchev–Trinajstić information content (AvgIpc) is 3.33. The molecule has 0 bridgehead atoms. The van der Waals surface area contributed by atoms with E-state index in [4.69, 9.17) is 23.7 Å². The van der Waals surface area contributed by atoms with Crippen LogP contribution in [0.4, 0.5) is 0 Å². The Labute approximate surface area is 421 Å². The van der Waals surface area contributed by atoms with Crippen LogP contribution in [-0.2, 0) is 42.9 Å². The van der Waals surface area contributed by atoms with E-state index in [0.29, 0.717) is 19.3 Å². The van der Waals surface area contributed by atoms with E-state index in [-0.39, 0.29) is 25.9 Å². The topological polar surface area (TPSA) is 175 Å². The summed E-state index contributed by atoms with van der Waals surface area (Å²) in [6, 6.07) is 0. The summed E-state index contributed by atoms with van der Waals surface area (Å²) in [6.45, 7) is 6.00. The van der Waals surface area contributed by atoms with E-state index in [1.54, 1.807) is 0 Å². The van der Waals surface area contributed by atoms with Crippen LogP contribution in [0, 0.1) is 0 Å². The molecule has 0 amide bonds. The Balaban J connectivity index is 2.65. The van der Waals surface area contributed by atoms with E-state index in [0.717, 1.165) is 64.2 Å². The number of esters is 3. The number of carboxylic acid groups (broad SMARTS) is 1. The van der Waals surface area contributed by atoms with Crippen LogP contribution in [0.5, 0.6) is 0 Å². The molecule has 0 saturated carbocycles. The monoisotopic (exact) mass is 983 g/mol. The van der Waals surface area contributed by atoms with Crippen molar-refractivity contribution in [3.05, 3.63) is 0 Å². The van der Waals surface area contributed by atoms with Gasteiger partial charge in [0, 0.05) is 19.3 Å². The third-order valence-corrected chi connectivity index (χ3v) is 13.7. The number of ether oxygens (including phenoxy) is 5. The predicted molar refractivity (Wildman–Crippen MR) is 276 cm³/mol. The molecule has 0 spiro atoms. The third kappa shape index (κ3) is 37.2. The minimum atomic E-state index is -1.89. The smallest absolute Gasteiger partial charge is 0.335 e. The minimum Gasteiger partial charge on any atom is -0.479 e. The summed E-state index contributed by atoms with van der Waals surface area (Å²) in [6.07, 6.45) is 36.6. The molecule has 0 aromatic rings. The molecule has 0 aliphatic carbocycles. The van der Waals surface area contributed by atoms with Crippen LogP contribution in [0.25, 0.3) is 0 Å². The molecular formula is C57H106O12. The largest absolute Gasteiger partial charge is 0.479 e. The van der Waals surface area contributed by atoms with Gasteiger partial charge < -0.3 is 39.0 Å². The number of hydrogen-bond donors (Lipinski definition) is 3. The molecule has 1 fully saturated rings.